The van der Waals surface area contributed by atoms with E-state index < -0.39 is 0 Å². The molecule has 4 nitrogen and oxygen atoms in total. The van der Waals surface area contributed by atoms with Crippen LogP contribution in [0.5, 0.6) is 0 Å². The van der Waals surface area contributed by atoms with Crippen molar-refractivity contribution in [2.45, 2.75) is 6.92 Å². The van der Waals surface area contributed by atoms with Crippen LogP contribution >= 0.6 is 11.8 Å². The predicted octanol–water partition coefficient (Wildman–Crippen LogP) is 3.84. The Morgan fingerprint density at radius 1 is 1.30 bits per heavy atom. The quantitative estimate of drug-likeness (QED) is 0.805. The zero-order valence-corrected chi connectivity index (χ0v) is 13.3. The largest absolute Gasteiger partial charge is 0.287 e. The van der Waals surface area contributed by atoms with Crippen LogP contribution in [-0.2, 0) is 4.79 Å². The second-order valence-corrected chi connectivity index (χ2v) is 5.83. The minimum Gasteiger partial charge on any atom is -0.287 e. The number of amidine groups is 1. The van der Waals surface area contributed by atoms with Gasteiger partial charge in [-0.15, -0.1) is 0 Å². The van der Waals surface area contributed by atoms with Gasteiger partial charge in [-0.1, -0.05) is 12.1 Å². The van der Waals surface area contributed by atoms with Crippen LogP contribution in [-0.4, -0.2) is 27.5 Å². The number of carbonyl (C=O) groups excluding carboxylic acids is 1. The van der Waals surface area contributed by atoms with Crippen LogP contribution in [0.2, 0.25) is 0 Å². The Labute approximate surface area is 137 Å². The lowest BCUT2D eigenvalue weighted by atomic mass is 10.2. The molecule has 1 aliphatic rings. The van der Waals surface area contributed by atoms with Gasteiger partial charge in [0, 0.05) is 12.7 Å². The zero-order chi connectivity index (χ0) is 16.2. The van der Waals surface area contributed by atoms with E-state index in [1.165, 1.54) is 23.9 Å². The molecule has 0 aliphatic carbocycles. The van der Waals surface area contributed by atoms with E-state index in [-0.39, 0.29) is 11.7 Å². The molecule has 0 atom stereocenters. The van der Waals surface area contributed by atoms with Gasteiger partial charge in [-0.05, 0) is 54.6 Å². The molecule has 1 aliphatic heterocycles. The van der Waals surface area contributed by atoms with Gasteiger partial charge in [-0.3, -0.25) is 14.7 Å². The predicted molar refractivity (Wildman–Crippen MR) is 90.7 cm³/mol. The standard InChI is InChI=1S/C17H14FN3OS/c1-2-21-16(22)15(10-12-5-7-13(18)8-6-12)23-17(21)20-14-4-3-9-19-11-14/h3-11H,2H2,1H3/b15-10-,20-17?. The Hall–Kier alpha value is -2.47. The number of hydrogen-bond donors (Lipinski definition) is 0. The maximum atomic E-state index is 13.0. The molecule has 1 aromatic heterocycles. The van der Waals surface area contributed by atoms with E-state index in [2.05, 4.69) is 9.98 Å². The third-order valence-corrected chi connectivity index (χ3v) is 4.25. The summed E-state index contributed by atoms with van der Waals surface area (Å²) in [6, 6.07) is 9.66. The lowest BCUT2D eigenvalue weighted by Gasteiger charge is -2.11. The number of thioether (sulfide) groups is 1. The van der Waals surface area contributed by atoms with Crippen LogP contribution in [0.1, 0.15) is 12.5 Å². The van der Waals surface area contributed by atoms with Crippen LogP contribution in [0.25, 0.3) is 6.08 Å². The average molecular weight is 327 g/mol. The van der Waals surface area contributed by atoms with Gasteiger partial charge in [0.25, 0.3) is 5.91 Å². The number of rotatable bonds is 3. The van der Waals surface area contributed by atoms with Crippen LogP contribution in [0.15, 0.2) is 58.7 Å². The second-order valence-electron chi connectivity index (χ2n) is 4.82. The molecule has 1 aromatic carbocycles. The maximum Gasteiger partial charge on any atom is 0.266 e. The Balaban J connectivity index is 1.91. The van der Waals surface area contributed by atoms with Crippen LogP contribution in [0.3, 0.4) is 0 Å². The highest BCUT2D eigenvalue weighted by molar-refractivity contribution is 8.18. The number of pyridine rings is 1. The van der Waals surface area contributed by atoms with E-state index in [0.717, 1.165) is 5.56 Å². The van der Waals surface area contributed by atoms with Crippen molar-refractivity contribution in [3.8, 4) is 0 Å². The molecule has 1 amide bonds. The molecule has 116 valence electrons. The van der Waals surface area contributed by atoms with Crippen molar-refractivity contribution < 1.29 is 9.18 Å². The van der Waals surface area contributed by atoms with Crippen LogP contribution in [0, 0.1) is 5.82 Å². The Morgan fingerprint density at radius 2 is 2.09 bits per heavy atom. The average Bonchev–Trinajstić information content (AvgIpc) is 2.85. The van der Waals surface area contributed by atoms with Gasteiger partial charge < -0.3 is 0 Å². The van der Waals surface area contributed by atoms with Gasteiger partial charge in [0.2, 0.25) is 0 Å². The SMILES string of the molecule is CCN1C(=O)/C(=C/c2ccc(F)cc2)SC1=Nc1cccnc1. The van der Waals surface area contributed by atoms with Gasteiger partial charge in [-0.25, -0.2) is 9.38 Å². The third kappa shape index (κ3) is 3.48. The van der Waals surface area contributed by atoms with Crippen LogP contribution < -0.4 is 0 Å². The topological polar surface area (TPSA) is 45.6 Å². The van der Waals surface area contributed by atoms with E-state index in [0.29, 0.717) is 22.3 Å². The van der Waals surface area contributed by atoms with E-state index in [4.69, 9.17) is 0 Å². The summed E-state index contributed by atoms with van der Waals surface area (Å²) < 4.78 is 13.0. The minimum absolute atomic E-state index is 0.0931. The van der Waals surface area contributed by atoms with E-state index >= 15 is 0 Å². The number of carbonyl (C=O) groups is 1. The molecule has 1 fully saturated rings. The lowest BCUT2D eigenvalue weighted by Crippen LogP contribution is -2.28. The number of amides is 1. The van der Waals surface area contributed by atoms with Gasteiger partial charge in [0.05, 0.1) is 16.8 Å². The maximum absolute atomic E-state index is 13.0. The number of hydrogen-bond acceptors (Lipinski definition) is 4. The van der Waals surface area contributed by atoms with Gasteiger partial charge in [0.15, 0.2) is 5.17 Å². The summed E-state index contributed by atoms with van der Waals surface area (Å²) in [6.45, 7) is 2.43. The number of aliphatic imine (C=N–C) groups is 1. The Bertz CT molecular complexity index is 772. The number of benzene rings is 1. The molecule has 0 bridgehead atoms. The molecule has 0 radical (unpaired) electrons. The first-order valence-corrected chi connectivity index (χ1v) is 7.94. The first kappa shape index (κ1) is 15.4. The van der Waals surface area contributed by atoms with Crippen LogP contribution in [0.4, 0.5) is 10.1 Å². The molecule has 0 unspecified atom stereocenters. The van der Waals surface area contributed by atoms with E-state index in [1.807, 2.05) is 13.0 Å². The van der Waals surface area contributed by atoms with Crippen molar-refractivity contribution in [1.82, 2.24) is 9.88 Å². The summed E-state index contributed by atoms with van der Waals surface area (Å²) in [5.74, 6) is -0.393. The van der Waals surface area contributed by atoms with E-state index in [9.17, 15) is 9.18 Å². The lowest BCUT2D eigenvalue weighted by molar-refractivity contribution is -0.122. The summed E-state index contributed by atoms with van der Waals surface area (Å²) in [7, 11) is 0. The first-order valence-electron chi connectivity index (χ1n) is 7.13. The molecule has 0 spiro atoms. The molecular formula is C17H14FN3OS. The second kappa shape index (κ2) is 6.75. The molecular weight excluding hydrogens is 313 g/mol. The summed E-state index contributed by atoms with van der Waals surface area (Å²) >= 11 is 1.31. The van der Waals surface area contributed by atoms with Crippen molar-refractivity contribution in [3.05, 3.63) is 65.1 Å². The molecule has 2 aromatic rings. The number of likely N-dealkylation sites (N-methyl/N-ethyl adjacent to an activating group) is 1. The summed E-state index contributed by atoms with van der Waals surface area (Å²) in [5.41, 5.74) is 1.48. The number of halogens is 1. The van der Waals surface area contributed by atoms with Crippen molar-refractivity contribution in [2.75, 3.05) is 6.54 Å². The summed E-state index contributed by atoms with van der Waals surface area (Å²) in [4.78, 5) is 23.2. The monoisotopic (exact) mass is 327 g/mol. The van der Waals surface area contributed by atoms with Crippen molar-refractivity contribution in [2.24, 2.45) is 4.99 Å². The molecule has 6 heteroatoms. The minimum atomic E-state index is -0.299. The highest BCUT2D eigenvalue weighted by Crippen LogP contribution is 2.33. The molecule has 2 heterocycles. The fourth-order valence-electron chi connectivity index (χ4n) is 2.11. The molecule has 23 heavy (non-hydrogen) atoms. The fraction of sp³-hybridized carbons (Fsp3) is 0.118. The summed E-state index contributed by atoms with van der Waals surface area (Å²) in [5, 5.41) is 0.624. The van der Waals surface area contributed by atoms with E-state index in [1.54, 1.807) is 41.6 Å². The first-order chi connectivity index (χ1) is 11.2. The molecule has 0 saturated carbocycles. The Morgan fingerprint density at radius 3 is 2.74 bits per heavy atom. The van der Waals surface area contributed by atoms with Crippen molar-refractivity contribution in [3.63, 3.8) is 0 Å². The zero-order valence-electron chi connectivity index (χ0n) is 12.4. The van der Waals surface area contributed by atoms with Gasteiger partial charge in [0.1, 0.15) is 5.82 Å². The number of nitrogens with zero attached hydrogens (tertiary/aromatic N) is 3. The molecule has 3 rings (SSSR count). The van der Waals surface area contributed by atoms with Crippen molar-refractivity contribution in [1.29, 1.82) is 0 Å². The molecule has 0 N–H and O–H groups in total. The number of aromatic nitrogens is 1. The highest BCUT2D eigenvalue weighted by Gasteiger charge is 2.32. The normalized spacial score (nSPS) is 18.2. The fourth-order valence-corrected chi connectivity index (χ4v) is 3.17. The molecule has 1 saturated heterocycles. The summed E-state index contributed by atoms with van der Waals surface area (Å²) in [6.07, 6.45) is 5.07. The van der Waals surface area contributed by atoms with Gasteiger partial charge in [-0.2, -0.15) is 0 Å². The van der Waals surface area contributed by atoms with Gasteiger partial charge >= 0.3 is 0 Å². The highest BCUT2D eigenvalue weighted by atomic mass is 32.2. The smallest absolute Gasteiger partial charge is 0.266 e. The van der Waals surface area contributed by atoms with Crippen molar-refractivity contribution >= 4 is 34.6 Å². The third-order valence-electron chi connectivity index (χ3n) is 3.24. The Kier molecular flexibility index (Phi) is 4.52.